The molecule has 0 radical (unpaired) electrons. The Balaban J connectivity index is 3.04. The molecule has 1 aromatic rings. The first kappa shape index (κ1) is 13.7. The Hall–Kier alpha value is -1.35. The van der Waals surface area contributed by atoms with Gasteiger partial charge in [-0.2, -0.15) is 0 Å². The van der Waals surface area contributed by atoms with Crippen molar-refractivity contribution in [3.63, 3.8) is 0 Å². The Kier molecular flexibility index (Phi) is 4.70. The lowest BCUT2D eigenvalue weighted by Gasteiger charge is -2.21. The summed E-state index contributed by atoms with van der Waals surface area (Å²) in [6.07, 6.45) is 0.315. The molecule has 0 aromatic heterocycles. The highest BCUT2D eigenvalue weighted by molar-refractivity contribution is 5.71. The van der Waals surface area contributed by atoms with E-state index in [0.717, 1.165) is 23.1 Å². The number of carboxylic acids is 1. The molecular formula is C14H20O3. The number of carboxylic acid groups (broad SMARTS) is 1. The van der Waals surface area contributed by atoms with Crippen molar-refractivity contribution in [2.24, 2.45) is 5.92 Å². The lowest BCUT2D eigenvalue weighted by molar-refractivity contribution is -0.146. The number of benzene rings is 1. The number of hydrogen-bond acceptors (Lipinski definition) is 2. The molecule has 0 aliphatic carbocycles. The minimum atomic E-state index is -0.930. The molecule has 0 fully saturated rings. The fourth-order valence-electron chi connectivity index (χ4n) is 2.02. The van der Waals surface area contributed by atoms with Crippen LogP contribution in [0.15, 0.2) is 18.2 Å². The molecule has 94 valence electrons. The molecule has 17 heavy (non-hydrogen) atoms. The molecule has 0 aliphatic heterocycles. The third-order valence-electron chi connectivity index (χ3n) is 3.05. The van der Waals surface area contributed by atoms with Gasteiger partial charge in [-0.15, -0.1) is 0 Å². The van der Waals surface area contributed by atoms with Crippen LogP contribution in [0.5, 0.6) is 0 Å². The second-order valence-corrected chi connectivity index (χ2v) is 4.54. The molecule has 1 rings (SSSR count). The van der Waals surface area contributed by atoms with Crippen molar-refractivity contribution in [1.82, 2.24) is 0 Å². The summed E-state index contributed by atoms with van der Waals surface area (Å²) in [5.74, 6) is -1.65. The highest BCUT2D eigenvalue weighted by atomic mass is 16.4. The van der Waals surface area contributed by atoms with Crippen molar-refractivity contribution >= 4 is 5.97 Å². The Labute approximate surface area is 102 Å². The van der Waals surface area contributed by atoms with E-state index in [0.29, 0.717) is 6.42 Å². The number of aliphatic hydroxyl groups excluding tert-OH is 1. The summed E-state index contributed by atoms with van der Waals surface area (Å²) in [5.41, 5.74) is 2.70. The van der Waals surface area contributed by atoms with E-state index in [1.54, 1.807) is 0 Å². The van der Waals surface area contributed by atoms with Gasteiger partial charge in [-0.3, -0.25) is 4.79 Å². The molecule has 0 bridgehead atoms. The highest BCUT2D eigenvalue weighted by Gasteiger charge is 2.27. The summed E-state index contributed by atoms with van der Waals surface area (Å²) in [6.45, 7) is 5.75. The first-order chi connectivity index (χ1) is 7.97. The Bertz CT molecular complexity index is 398. The van der Waals surface area contributed by atoms with E-state index in [2.05, 4.69) is 0 Å². The fourth-order valence-corrected chi connectivity index (χ4v) is 2.02. The van der Waals surface area contributed by atoms with Crippen molar-refractivity contribution in [2.45, 2.75) is 39.7 Å². The van der Waals surface area contributed by atoms with E-state index >= 15 is 0 Å². The molecule has 0 saturated carbocycles. The van der Waals surface area contributed by atoms with Crippen molar-refractivity contribution in [3.05, 3.63) is 34.9 Å². The molecule has 0 amide bonds. The van der Waals surface area contributed by atoms with Crippen LogP contribution in [0.4, 0.5) is 0 Å². The van der Waals surface area contributed by atoms with Crippen molar-refractivity contribution < 1.29 is 15.0 Å². The van der Waals surface area contributed by atoms with Crippen LogP contribution in [0.3, 0.4) is 0 Å². The number of carbonyl (C=O) groups is 1. The number of rotatable bonds is 5. The zero-order valence-electron chi connectivity index (χ0n) is 10.6. The van der Waals surface area contributed by atoms with Crippen molar-refractivity contribution in [2.75, 3.05) is 0 Å². The quantitative estimate of drug-likeness (QED) is 0.826. The summed E-state index contributed by atoms with van der Waals surface area (Å²) >= 11 is 0. The Morgan fingerprint density at radius 2 is 2.00 bits per heavy atom. The minimum Gasteiger partial charge on any atom is -0.481 e. The predicted octanol–water partition coefficient (Wildman–Crippen LogP) is 2.84. The monoisotopic (exact) mass is 236 g/mol. The topological polar surface area (TPSA) is 57.5 Å². The minimum absolute atomic E-state index is 0.490. The van der Waals surface area contributed by atoms with Crippen LogP contribution in [-0.2, 0) is 4.79 Å². The molecule has 2 atom stereocenters. The smallest absolute Gasteiger partial charge is 0.309 e. The first-order valence-corrected chi connectivity index (χ1v) is 5.95. The molecule has 0 saturated heterocycles. The van der Waals surface area contributed by atoms with Gasteiger partial charge < -0.3 is 10.2 Å². The molecular weight excluding hydrogens is 216 g/mol. The van der Waals surface area contributed by atoms with Crippen LogP contribution in [0.2, 0.25) is 0 Å². The maximum atomic E-state index is 11.1. The number of aliphatic hydroxyl groups is 1. The van der Waals surface area contributed by atoms with E-state index in [4.69, 9.17) is 5.11 Å². The lowest BCUT2D eigenvalue weighted by Crippen LogP contribution is -2.22. The second-order valence-electron chi connectivity index (χ2n) is 4.54. The number of aliphatic carboxylic acids is 1. The molecule has 3 heteroatoms. The first-order valence-electron chi connectivity index (χ1n) is 5.95. The van der Waals surface area contributed by atoms with Gasteiger partial charge in [0.05, 0.1) is 12.0 Å². The van der Waals surface area contributed by atoms with Gasteiger partial charge in [-0.25, -0.2) is 0 Å². The average molecular weight is 236 g/mol. The van der Waals surface area contributed by atoms with E-state index in [9.17, 15) is 9.90 Å². The summed E-state index contributed by atoms with van der Waals surface area (Å²) in [6, 6.07) is 5.74. The van der Waals surface area contributed by atoms with Gasteiger partial charge >= 0.3 is 5.97 Å². The lowest BCUT2D eigenvalue weighted by atomic mass is 9.89. The largest absolute Gasteiger partial charge is 0.481 e. The Morgan fingerprint density at radius 3 is 2.53 bits per heavy atom. The van der Waals surface area contributed by atoms with Gasteiger partial charge in [-0.1, -0.05) is 37.1 Å². The van der Waals surface area contributed by atoms with Crippen LogP contribution in [0.25, 0.3) is 0 Å². The summed E-state index contributed by atoms with van der Waals surface area (Å²) in [7, 11) is 0. The van der Waals surface area contributed by atoms with E-state index in [1.807, 2.05) is 39.0 Å². The third-order valence-corrected chi connectivity index (χ3v) is 3.05. The third kappa shape index (κ3) is 3.30. The van der Waals surface area contributed by atoms with Gasteiger partial charge in [0.2, 0.25) is 0 Å². The molecule has 2 N–H and O–H groups in total. The highest BCUT2D eigenvalue weighted by Crippen LogP contribution is 2.29. The van der Waals surface area contributed by atoms with Crippen LogP contribution >= 0.6 is 0 Å². The van der Waals surface area contributed by atoms with Gasteiger partial charge in [0.25, 0.3) is 0 Å². The SMILES string of the molecule is CCCC(C(=O)O)C(O)c1cc(C)ccc1C. The zero-order chi connectivity index (χ0) is 13.0. The standard InChI is InChI=1S/C14H20O3/c1-4-5-11(14(16)17)13(15)12-8-9(2)6-7-10(12)3/h6-8,11,13,15H,4-5H2,1-3H3,(H,16,17). The van der Waals surface area contributed by atoms with Gasteiger partial charge in [0.15, 0.2) is 0 Å². The maximum absolute atomic E-state index is 11.1. The number of aryl methyl sites for hydroxylation is 2. The van der Waals surface area contributed by atoms with Gasteiger partial charge in [0.1, 0.15) is 0 Å². The van der Waals surface area contributed by atoms with Gasteiger partial charge in [0, 0.05) is 0 Å². The van der Waals surface area contributed by atoms with E-state index < -0.39 is 18.0 Å². The second kappa shape index (κ2) is 5.82. The molecule has 2 unspecified atom stereocenters. The number of hydrogen-bond donors (Lipinski definition) is 2. The van der Waals surface area contributed by atoms with E-state index in [1.165, 1.54) is 0 Å². The Morgan fingerprint density at radius 1 is 1.35 bits per heavy atom. The van der Waals surface area contributed by atoms with Crippen LogP contribution < -0.4 is 0 Å². The van der Waals surface area contributed by atoms with Crippen LogP contribution in [0, 0.1) is 19.8 Å². The summed E-state index contributed by atoms with van der Waals surface area (Å²) < 4.78 is 0. The van der Waals surface area contributed by atoms with E-state index in [-0.39, 0.29) is 0 Å². The molecule has 1 aromatic carbocycles. The molecule has 0 spiro atoms. The van der Waals surface area contributed by atoms with Crippen LogP contribution in [-0.4, -0.2) is 16.2 Å². The average Bonchev–Trinajstić information content (AvgIpc) is 2.28. The van der Waals surface area contributed by atoms with Gasteiger partial charge in [-0.05, 0) is 31.4 Å². The zero-order valence-corrected chi connectivity index (χ0v) is 10.6. The van der Waals surface area contributed by atoms with Crippen molar-refractivity contribution in [1.29, 1.82) is 0 Å². The summed E-state index contributed by atoms with van der Waals surface area (Å²) in [4.78, 5) is 11.1. The van der Waals surface area contributed by atoms with Crippen molar-refractivity contribution in [3.8, 4) is 0 Å². The maximum Gasteiger partial charge on any atom is 0.309 e. The molecule has 0 heterocycles. The normalized spacial score (nSPS) is 14.4. The fraction of sp³-hybridized carbons (Fsp3) is 0.500. The van der Waals surface area contributed by atoms with Crippen LogP contribution in [0.1, 0.15) is 42.6 Å². The summed E-state index contributed by atoms with van der Waals surface area (Å²) in [5, 5.41) is 19.3. The predicted molar refractivity (Wildman–Crippen MR) is 66.9 cm³/mol. The molecule has 3 nitrogen and oxygen atoms in total. The molecule has 0 aliphatic rings.